The van der Waals surface area contributed by atoms with Crippen LogP contribution in [0.2, 0.25) is 0 Å². The fourth-order valence-electron chi connectivity index (χ4n) is 1.39. The highest BCUT2D eigenvalue weighted by molar-refractivity contribution is 6.22. The average Bonchev–Trinajstić information content (AvgIpc) is 2.48. The fourth-order valence-corrected chi connectivity index (χ4v) is 1.39. The molecule has 20 heavy (non-hydrogen) atoms. The molecule has 2 aromatic carbocycles. The van der Waals surface area contributed by atoms with Gasteiger partial charge in [-0.05, 0) is 45.3 Å². The largest absolute Gasteiger partial charge is 0.457 e. The summed E-state index contributed by atoms with van der Waals surface area (Å²) in [5.74, 6) is 1.74. The van der Waals surface area contributed by atoms with Crippen LogP contribution < -0.4 is 4.74 Å². The maximum absolute atomic E-state index is 5.58. The van der Waals surface area contributed by atoms with E-state index in [1.807, 2.05) is 86.5 Å². The molecule has 0 aliphatic rings. The van der Waals surface area contributed by atoms with Crippen molar-refractivity contribution in [2.24, 2.45) is 0 Å². The topological polar surface area (TPSA) is 21.7 Å². The molecule has 2 aromatic rings. The Hall–Kier alpha value is -1.78. The zero-order chi connectivity index (χ0) is 14.6. The Morgan fingerprint density at radius 3 is 1.60 bits per heavy atom. The summed E-state index contributed by atoms with van der Waals surface area (Å²) in [5, 5.41) is 0. The van der Waals surface area contributed by atoms with Gasteiger partial charge in [0, 0.05) is 6.61 Å². The van der Waals surface area contributed by atoms with Crippen LogP contribution in [0.5, 0.6) is 11.5 Å². The third-order valence-corrected chi connectivity index (χ3v) is 2.28. The Bertz CT molecular complexity index is 411. The molecule has 106 valence electrons. The highest BCUT2D eigenvalue weighted by atomic mass is 16.5. The summed E-state index contributed by atoms with van der Waals surface area (Å²) in [6.45, 7) is 2.79. The highest BCUT2D eigenvalue weighted by Gasteiger charge is 1.92. The molecule has 0 amide bonds. The molecule has 0 bridgehead atoms. The van der Waals surface area contributed by atoms with Gasteiger partial charge >= 0.3 is 7.62 Å². The minimum absolute atomic E-state index is 0.733. The standard InChI is InChI=1S/C12H10O.C4H12BNO/c1-3-7-11(8-4-1)13-12-9-5-2-6-10-12;1-4-7-5-6(2)3/h1-10H;5H,4H2,1-3H3. The number of hydrogen-bond donors (Lipinski definition) is 0. The summed E-state index contributed by atoms with van der Waals surface area (Å²) in [6.07, 6.45) is 0. The third kappa shape index (κ3) is 7.61. The molecule has 0 fully saturated rings. The van der Waals surface area contributed by atoms with Crippen molar-refractivity contribution in [3.05, 3.63) is 60.7 Å². The molecule has 0 atom stereocenters. The quantitative estimate of drug-likeness (QED) is 0.778. The van der Waals surface area contributed by atoms with E-state index in [-0.39, 0.29) is 0 Å². The lowest BCUT2D eigenvalue weighted by Crippen LogP contribution is -2.20. The van der Waals surface area contributed by atoms with Crippen LogP contribution in [0.25, 0.3) is 0 Å². The third-order valence-electron chi connectivity index (χ3n) is 2.28. The second kappa shape index (κ2) is 10.1. The normalized spacial score (nSPS) is 9.60. The van der Waals surface area contributed by atoms with Gasteiger partial charge in [-0.15, -0.1) is 0 Å². The Balaban J connectivity index is 0.000000246. The van der Waals surface area contributed by atoms with Crippen molar-refractivity contribution in [1.82, 2.24) is 4.81 Å². The first-order chi connectivity index (χ1) is 9.72. The summed E-state index contributed by atoms with van der Waals surface area (Å²) in [6, 6.07) is 19.5. The molecule has 0 saturated heterocycles. The van der Waals surface area contributed by atoms with Gasteiger partial charge in [0.05, 0.1) is 0 Å². The van der Waals surface area contributed by atoms with Gasteiger partial charge in [0.25, 0.3) is 0 Å². The van der Waals surface area contributed by atoms with Crippen molar-refractivity contribution in [3.8, 4) is 11.5 Å². The maximum Gasteiger partial charge on any atom is 0.363 e. The molecule has 4 heteroatoms. The Kier molecular flexibility index (Phi) is 8.19. The first-order valence-electron chi connectivity index (χ1n) is 6.72. The molecule has 0 aromatic heterocycles. The Labute approximate surface area is 122 Å². The van der Waals surface area contributed by atoms with Crippen LogP contribution in [0.3, 0.4) is 0 Å². The molecular weight excluding hydrogens is 249 g/mol. The first-order valence-corrected chi connectivity index (χ1v) is 6.72. The molecule has 0 N–H and O–H groups in total. The molecule has 0 radical (unpaired) electrons. The predicted molar refractivity (Wildman–Crippen MR) is 85.4 cm³/mol. The summed E-state index contributed by atoms with van der Waals surface area (Å²) >= 11 is 0. The second-order valence-corrected chi connectivity index (χ2v) is 4.43. The predicted octanol–water partition coefficient (Wildman–Crippen LogP) is 3.33. The minimum Gasteiger partial charge on any atom is -0.457 e. The van der Waals surface area contributed by atoms with Crippen LogP contribution in [-0.4, -0.2) is 33.1 Å². The van der Waals surface area contributed by atoms with E-state index < -0.39 is 0 Å². The molecule has 0 spiro atoms. The molecule has 2 rings (SSSR count). The van der Waals surface area contributed by atoms with Crippen molar-refractivity contribution in [2.75, 3.05) is 20.7 Å². The SMILES string of the molecule is CCOBN(C)C.c1ccc(Oc2ccccc2)cc1. The van der Waals surface area contributed by atoms with Crippen LogP contribution in [0.15, 0.2) is 60.7 Å². The summed E-state index contributed by atoms with van der Waals surface area (Å²) in [4.78, 5) is 1.99. The van der Waals surface area contributed by atoms with Gasteiger partial charge in [0.15, 0.2) is 0 Å². The van der Waals surface area contributed by atoms with Crippen LogP contribution in [-0.2, 0) is 4.65 Å². The molecule has 0 aliphatic heterocycles. The van der Waals surface area contributed by atoms with Crippen molar-refractivity contribution < 1.29 is 9.39 Å². The highest BCUT2D eigenvalue weighted by Crippen LogP contribution is 2.19. The smallest absolute Gasteiger partial charge is 0.363 e. The zero-order valence-corrected chi connectivity index (χ0v) is 12.5. The molecule has 0 heterocycles. The minimum atomic E-state index is 0.733. The van der Waals surface area contributed by atoms with E-state index in [1.165, 1.54) is 0 Å². The van der Waals surface area contributed by atoms with Crippen LogP contribution in [0, 0.1) is 0 Å². The van der Waals surface area contributed by atoms with E-state index in [1.54, 1.807) is 0 Å². The van der Waals surface area contributed by atoms with E-state index in [2.05, 4.69) is 0 Å². The summed E-state index contributed by atoms with van der Waals surface area (Å²) < 4.78 is 10.6. The lowest BCUT2D eigenvalue weighted by molar-refractivity contribution is 0.326. The molecule has 0 aliphatic carbocycles. The van der Waals surface area contributed by atoms with Gasteiger partial charge in [0.1, 0.15) is 11.5 Å². The number of hydrogen-bond acceptors (Lipinski definition) is 3. The molecular formula is C16H22BNO2. The average molecular weight is 271 g/mol. The molecule has 0 saturated carbocycles. The monoisotopic (exact) mass is 271 g/mol. The van der Waals surface area contributed by atoms with Crippen molar-refractivity contribution >= 4 is 7.62 Å². The number of para-hydroxylation sites is 2. The molecule has 3 nitrogen and oxygen atoms in total. The van der Waals surface area contributed by atoms with Crippen LogP contribution in [0.1, 0.15) is 6.92 Å². The Morgan fingerprint density at radius 2 is 1.30 bits per heavy atom. The number of ether oxygens (including phenoxy) is 1. The van der Waals surface area contributed by atoms with Gasteiger partial charge in [-0.3, -0.25) is 0 Å². The first kappa shape index (κ1) is 16.3. The maximum atomic E-state index is 5.58. The van der Waals surface area contributed by atoms with Gasteiger partial charge in [-0.1, -0.05) is 36.4 Å². The van der Waals surface area contributed by atoms with E-state index >= 15 is 0 Å². The van der Waals surface area contributed by atoms with Crippen molar-refractivity contribution in [3.63, 3.8) is 0 Å². The fraction of sp³-hybridized carbons (Fsp3) is 0.250. The van der Waals surface area contributed by atoms with E-state index in [0.29, 0.717) is 0 Å². The number of benzene rings is 2. The van der Waals surface area contributed by atoms with Crippen LogP contribution >= 0.6 is 0 Å². The number of nitrogens with zero attached hydrogens (tertiary/aromatic N) is 1. The van der Waals surface area contributed by atoms with Crippen molar-refractivity contribution in [2.45, 2.75) is 6.92 Å². The van der Waals surface area contributed by atoms with Gasteiger partial charge in [0.2, 0.25) is 0 Å². The van der Waals surface area contributed by atoms with Crippen molar-refractivity contribution in [1.29, 1.82) is 0 Å². The van der Waals surface area contributed by atoms with Gasteiger partial charge in [-0.2, -0.15) is 0 Å². The number of rotatable bonds is 5. The van der Waals surface area contributed by atoms with E-state index in [4.69, 9.17) is 9.39 Å². The summed E-state index contributed by atoms with van der Waals surface area (Å²) in [5.41, 5.74) is 0. The van der Waals surface area contributed by atoms with Crippen LogP contribution in [0.4, 0.5) is 0 Å². The second-order valence-electron chi connectivity index (χ2n) is 4.43. The van der Waals surface area contributed by atoms with Gasteiger partial charge < -0.3 is 14.2 Å². The van der Waals surface area contributed by atoms with E-state index in [0.717, 1.165) is 25.7 Å². The Morgan fingerprint density at radius 1 is 0.850 bits per heavy atom. The lowest BCUT2D eigenvalue weighted by atomic mass is 10.2. The van der Waals surface area contributed by atoms with E-state index in [9.17, 15) is 0 Å². The molecule has 0 unspecified atom stereocenters. The summed E-state index contributed by atoms with van der Waals surface area (Å²) in [7, 11) is 4.70. The zero-order valence-electron chi connectivity index (χ0n) is 12.5. The lowest BCUT2D eigenvalue weighted by Gasteiger charge is -2.04. The van der Waals surface area contributed by atoms with Gasteiger partial charge in [-0.25, -0.2) is 0 Å².